The number of rotatable bonds is 10. The summed E-state index contributed by atoms with van der Waals surface area (Å²) in [7, 11) is 3.75. The lowest BCUT2D eigenvalue weighted by atomic mass is 10.0. The molecule has 2 aromatic carbocycles. The molecule has 1 heterocycles. The number of terminal acetylenes is 1. The summed E-state index contributed by atoms with van der Waals surface area (Å²) < 4.78 is 10.8. The summed E-state index contributed by atoms with van der Waals surface area (Å²) in [5.74, 6) is 2.26. The van der Waals surface area contributed by atoms with Crippen LogP contribution in [0.4, 0.5) is 5.69 Å². The van der Waals surface area contributed by atoms with Gasteiger partial charge in [0.25, 0.3) is 5.91 Å². The first-order valence-corrected chi connectivity index (χ1v) is 10.5. The Bertz CT molecular complexity index is 864. The molecule has 0 unspecified atom stereocenters. The highest BCUT2D eigenvalue weighted by molar-refractivity contribution is 5.94. The Morgan fingerprint density at radius 1 is 1.26 bits per heavy atom. The molecule has 0 spiro atoms. The van der Waals surface area contributed by atoms with Crippen LogP contribution in [0.25, 0.3) is 0 Å². The van der Waals surface area contributed by atoms with Crippen LogP contribution in [0.15, 0.2) is 54.6 Å². The fourth-order valence-corrected chi connectivity index (χ4v) is 3.90. The van der Waals surface area contributed by atoms with Gasteiger partial charge in [-0.2, -0.15) is 0 Å². The normalized spacial score (nSPS) is 17.1. The van der Waals surface area contributed by atoms with E-state index in [1.165, 1.54) is 5.56 Å². The van der Waals surface area contributed by atoms with Crippen molar-refractivity contribution in [2.24, 2.45) is 0 Å². The molecule has 1 fully saturated rings. The molecular formula is C25H31N3O3. The number of likely N-dealkylation sites (N-methyl/N-ethyl adjacent to an activating group) is 1. The molecule has 0 aliphatic carbocycles. The van der Waals surface area contributed by atoms with Gasteiger partial charge in [0.1, 0.15) is 6.79 Å². The number of anilines is 1. The van der Waals surface area contributed by atoms with E-state index >= 15 is 0 Å². The first-order valence-electron chi connectivity index (χ1n) is 10.5. The summed E-state index contributed by atoms with van der Waals surface area (Å²) in [4.78, 5) is 16.8. The quantitative estimate of drug-likeness (QED) is 0.472. The van der Waals surface area contributed by atoms with E-state index in [1.807, 2.05) is 30.3 Å². The molecule has 1 aliphatic rings. The number of carbonyl (C=O) groups excluding carboxylic acids is 1. The number of nitrogens with zero attached hydrogens (tertiary/aromatic N) is 2. The van der Waals surface area contributed by atoms with E-state index in [1.54, 1.807) is 7.11 Å². The number of methoxy groups -OCH3 is 1. The third-order valence-electron chi connectivity index (χ3n) is 5.62. The SMILES string of the molecule is C#CCNC(=O)c1ccc(N(C)[C@H](CN2CC[C@H](OCOC)C2)c2ccccc2)cc1. The molecular weight excluding hydrogens is 390 g/mol. The summed E-state index contributed by atoms with van der Waals surface area (Å²) in [5, 5.41) is 2.70. The molecule has 0 radical (unpaired) electrons. The minimum absolute atomic E-state index is 0.161. The lowest BCUT2D eigenvalue weighted by molar-refractivity contribution is -0.0671. The number of nitrogens with one attached hydrogen (secondary N) is 1. The molecule has 0 bridgehead atoms. The first kappa shape index (κ1) is 22.8. The van der Waals surface area contributed by atoms with Crippen molar-refractivity contribution in [1.29, 1.82) is 0 Å². The van der Waals surface area contributed by atoms with E-state index in [9.17, 15) is 4.79 Å². The van der Waals surface area contributed by atoms with Gasteiger partial charge in [0.15, 0.2) is 0 Å². The second kappa shape index (κ2) is 11.5. The summed E-state index contributed by atoms with van der Waals surface area (Å²) in [6.45, 7) is 3.34. The van der Waals surface area contributed by atoms with Gasteiger partial charge in [-0.1, -0.05) is 36.3 Å². The van der Waals surface area contributed by atoms with Crippen molar-refractivity contribution in [2.75, 3.05) is 52.0 Å². The van der Waals surface area contributed by atoms with Gasteiger partial charge in [0.05, 0.1) is 18.7 Å². The molecule has 1 saturated heterocycles. The summed E-state index contributed by atoms with van der Waals surface area (Å²) in [6.07, 6.45) is 6.44. The average molecular weight is 422 g/mol. The predicted octanol–water partition coefficient (Wildman–Crippen LogP) is 2.92. The van der Waals surface area contributed by atoms with Crippen molar-refractivity contribution in [3.63, 3.8) is 0 Å². The number of likely N-dealkylation sites (tertiary alicyclic amines) is 1. The molecule has 1 amide bonds. The zero-order chi connectivity index (χ0) is 22.1. The van der Waals surface area contributed by atoms with Crippen LogP contribution < -0.4 is 10.2 Å². The van der Waals surface area contributed by atoms with Crippen molar-refractivity contribution < 1.29 is 14.3 Å². The van der Waals surface area contributed by atoms with Gasteiger partial charge in [-0.05, 0) is 36.2 Å². The van der Waals surface area contributed by atoms with Crippen LogP contribution in [0, 0.1) is 12.3 Å². The Hall–Kier alpha value is -2.85. The van der Waals surface area contributed by atoms with Crippen molar-refractivity contribution in [1.82, 2.24) is 10.2 Å². The van der Waals surface area contributed by atoms with E-state index in [0.29, 0.717) is 12.4 Å². The minimum Gasteiger partial charge on any atom is -0.366 e. The molecule has 2 atom stereocenters. The van der Waals surface area contributed by atoms with E-state index in [0.717, 1.165) is 31.7 Å². The van der Waals surface area contributed by atoms with Crippen molar-refractivity contribution in [3.05, 3.63) is 65.7 Å². The first-order chi connectivity index (χ1) is 15.1. The molecule has 1 N–H and O–H groups in total. The molecule has 3 rings (SSSR count). The Kier molecular flexibility index (Phi) is 8.48. The minimum atomic E-state index is -0.161. The predicted molar refractivity (Wildman–Crippen MR) is 123 cm³/mol. The number of hydrogen-bond donors (Lipinski definition) is 1. The standard InChI is InChI=1S/C25H31N3O3/c1-4-15-26-25(29)21-10-12-22(13-11-21)27(2)24(20-8-6-5-7-9-20)18-28-16-14-23(17-28)31-19-30-3/h1,5-13,23-24H,14-19H2,2-3H3,(H,26,29)/t23-,24+/m0/s1. The maximum Gasteiger partial charge on any atom is 0.252 e. The fourth-order valence-electron chi connectivity index (χ4n) is 3.90. The van der Waals surface area contributed by atoms with Crippen LogP contribution in [0.3, 0.4) is 0 Å². The highest BCUT2D eigenvalue weighted by Crippen LogP contribution is 2.28. The van der Waals surface area contributed by atoms with Gasteiger partial charge >= 0.3 is 0 Å². The zero-order valence-corrected chi connectivity index (χ0v) is 18.3. The van der Waals surface area contributed by atoms with E-state index in [4.69, 9.17) is 15.9 Å². The topological polar surface area (TPSA) is 54.0 Å². The zero-order valence-electron chi connectivity index (χ0n) is 18.3. The fraction of sp³-hybridized carbons (Fsp3) is 0.400. The number of benzene rings is 2. The Morgan fingerprint density at radius 3 is 2.68 bits per heavy atom. The Labute approximate surface area is 185 Å². The largest absolute Gasteiger partial charge is 0.366 e. The monoisotopic (exact) mass is 421 g/mol. The lowest BCUT2D eigenvalue weighted by Crippen LogP contribution is -2.36. The summed E-state index contributed by atoms with van der Waals surface area (Å²) in [6, 6.07) is 18.3. The van der Waals surface area contributed by atoms with Crippen LogP contribution in [0.5, 0.6) is 0 Å². The smallest absolute Gasteiger partial charge is 0.252 e. The van der Waals surface area contributed by atoms with Crippen LogP contribution in [0.2, 0.25) is 0 Å². The van der Waals surface area contributed by atoms with Crippen LogP contribution in [0.1, 0.15) is 28.4 Å². The third kappa shape index (κ3) is 6.31. The van der Waals surface area contributed by atoms with Crippen LogP contribution in [-0.4, -0.2) is 64.0 Å². The molecule has 0 aromatic heterocycles. The molecule has 6 nitrogen and oxygen atoms in total. The lowest BCUT2D eigenvalue weighted by Gasteiger charge is -2.33. The molecule has 31 heavy (non-hydrogen) atoms. The highest BCUT2D eigenvalue weighted by Gasteiger charge is 2.27. The maximum absolute atomic E-state index is 12.1. The van der Waals surface area contributed by atoms with Gasteiger partial charge in [-0.15, -0.1) is 6.42 Å². The van der Waals surface area contributed by atoms with Crippen molar-refractivity contribution in [3.8, 4) is 12.3 Å². The molecule has 2 aromatic rings. The molecule has 164 valence electrons. The van der Waals surface area contributed by atoms with E-state index < -0.39 is 0 Å². The summed E-state index contributed by atoms with van der Waals surface area (Å²) in [5.41, 5.74) is 2.90. The van der Waals surface area contributed by atoms with Gasteiger partial charge in [0.2, 0.25) is 0 Å². The second-order valence-corrected chi connectivity index (χ2v) is 7.71. The second-order valence-electron chi connectivity index (χ2n) is 7.71. The van der Waals surface area contributed by atoms with Crippen LogP contribution in [-0.2, 0) is 9.47 Å². The summed E-state index contributed by atoms with van der Waals surface area (Å²) >= 11 is 0. The van der Waals surface area contributed by atoms with Gasteiger partial charge < -0.3 is 19.7 Å². The van der Waals surface area contributed by atoms with Gasteiger partial charge in [-0.3, -0.25) is 9.69 Å². The molecule has 6 heteroatoms. The maximum atomic E-state index is 12.1. The van der Waals surface area contributed by atoms with E-state index in [-0.39, 0.29) is 24.6 Å². The number of carbonyl (C=O) groups is 1. The third-order valence-corrected chi connectivity index (χ3v) is 5.62. The van der Waals surface area contributed by atoms with Crippen molar-refractivity contribution >= 4 is 11.6 Å². The van der Waals surface area contributed by atoms with Gasteiger partial charge in [-0.25, -0.2) is 0 Å². The number of ether oxygens (including phenoxy) is 2. The van der Waals surface area contributed by atoms with Crippen molar-refractivity contribution in [2.45, 2.75) is 18.6 Å². The number of hydrogen-bond acceptors (Lipinski definition) is 5. The average Bonchev–Trinajstić information content (AvgIpc) is 3.27. The van der Waals surface area contributed by atoms with Gasteiger partial charge in [0, 0.05) is 45.0 Å². The number of amides is 1. The highest BCUT2D eigenvalue weighted by atomic mass is 16.7. The molecule has 0 saturated carbocycles. The molecule has 1 aliphatic heterocycles. The Morgan fingerprint density at radius 2 is 2.00 bits per heavy atom. The Balaban J connectivity index is 1.72. The van der Waals surface area contributed by atoms with E-state index in [2.05, 4.69) is 52.4 Å². The van der Waals surface area contributed by atoms with Crippen LogP contribution >= 0.6 is 0 Å².